The Bertz CT molecular complexity index is 540. The maximum Gasteiger partial charge on any atom is 0.151 e. The summed E-state index contributed by atoms with van der Waals surface area (Å²) in [6.45, 7) is 6.24. The second kappa shape index (κ2) is 6.01. The SMILES string of the molecule is Cc1ccc(-c2ccc(N3CCCNCC3)nn2)cc1. The molecule has 1 fully saturated rings. The number of rotatable bonds is 2. The summed E-state index contributed by atoms with van der Waals surface area (Å²) in [5, 5.41) is 12.2. The van der Waals surface area contributed by atoms with Gasteiger partial charge in [-0.2, -0.15) is 0 Å². The third kappa shape index (κ3) is 2.96. The fourth-order valence-electron chi connectivity index (χ4n) is 2.45. The molecule has 104 valence electrons. The predicted molar refractivity (Wildman–Crippen MR) is 81.9 cm³/mol. The van der Waals surface area contributed by atoms with Crippen molar-refractivity contribution < 1.29 is 0 Å². The third-order valence-corrected chi connectivity index (χ3v) is 3.66. The van der Waals surface area contributed by atoms with Gasteiger partial charge in [-0.3, -0.25) is 0 Å². The van der Waals surface area contributed by atoms with Gasteiger partial charge in [-0.15, -0.1) is 10.2 Å². The van der Waals surface area contributed by atoms with Crippen LogP contribution in [0.15, 0.2) is 36.4 Å². The van der Waals surface area contributed by atoms with E-state index in [0.29, 0.717) is 0 Å². The largest absolute Gasteiger partial charge is 0.354 e. The zero-order chi connectivity index (χ0) is 13.8. The van der Waals surface area contributed by atoms with E-state index in [4.69, 9.17) is 0 Å². The molecule has 20 heavy (non-hydrogen) atoms. The highest BCUT2D eigenvalue weighted by atomic mass is 15.3. The normalized spacial score (nSPS) is 15.9. The lowest BCUT2D eigenvalue weighted by Crippen LogP contribution is -2.28. The highest BCUT2D eigenvalue weighted by Crippen LogP contribution is 2.19. The summed E-state index contributed by atoms with van der Waals surface area (Å²) < 4.78 is 0. The molecule has 4 heteroatoms. The second-order valence-corrected chi connectivity index (χ2v) is 5.23. The Morgan fingerprint density at radius 2 is 1.80 bits per heavy atom. The first-order valence-electron chi connectivity index (χ1n) is 7.19. The van der Waals surface area contributed by atoms with E-state index in [0.717, 1.165) is 49.7 Å². The van der Waals surface area contributed by atoms with Crippen molar-refractivity contribution in [2.24, 2.45) is 0 Å². The number of aromatic nitrogens is 2. The van der Waals surface area contributed by atoms with E-state index >= 15 is 0 Å². The van der Waals surface area contributed by atoms with Gasteiger partial charge in [0, 0.05) is 25.2 Å². The monoisotopic (exact) mass is 268 g/mol. The van der Waals surface area contributed by atoms with Gasteiger partial charge in [0.2, 0.25) is 0 Å². The predicted octanol–water partition coefficient (Wildman–Crippen LogP) is 2.25. The standard InChI is InChI=1S/C16H20N4/c1-13-3-5-14(6-4-13)15-7-8-16(19-18-15)20-11-2-9-17-10-12-20/h3-8,17H,2,9-12H2,1H3. The summed E-state index contributed by atoms with van der Waals surface area (Å²) in [6.07, 6.45) is 1.15. The van der Waals surface area contributed by atoms with Crippen molar-refractivity contribution in [3.05, 3.63) is 42.0 Å². The van der Waals surface area contributed by atoms with Crippen molar-refractivity contribution in [2.75, 3.05) is 31.1 Å². The van der Waals surface area contributed by atoms with Gasteiger partial charge in [0.1, 0.15) is 0 Å². The molecule has 0 radical (unpaired) electrons. The molecule has 1 N–H and O–H groups in total. The van der Waals surface area contributed by atoms with E-state index in [9.17, 15) is 0 Å². The molecular weight excluding hydrogens is 248 g/mol. The number of nitrogens with zero attached hydrogens (tertiary/aromatic N) is 3. The molecule has 0 bridgehead atoms. The first-order chi connectivity index (χ1) is 9.83. The Morgan fingerprint density at radius 3 is 2.55 bits per heavy atom. The van der Waals surface area contributed by atoms with Crippen LogP contribution in [0.5, 0.6) is 0 Å². The topological polar surface area (TPSA) is 41.0 Å². The maximum atomic E-state index is 4.39. The fraction of sp³-hybridized carbons (Fsp3) is 0.375. The molecule has 1 aliphatic heterocycles. The summed E-state index contributed by atoms with van der Waals surface area (Å²) in [6, 6.07) is 12.5. The summed E-state index contributed by atoms with van der Waals surface area (Å²) in [5.74, 6) is 0.976. The van der Waals surface area contributed by atoms with Gasteiger partial charge in [0.15, 0.2) is 5.82 Å². The van der Waals surface area contributed by atoms with Gasteiger partial charge >= 0.3 is 0 Å². The van der Waals surface area contributed by atoms with E-state index in [-0.39, 0.29) is 0 Å². The Balaban J connectivity index is 1.78. The Morgan fingerprint density at radius 1 is 0.950 bits per heavy atom. The number of benzene rings is 1. The Labute approximate surface area is 119 Å². The quantitative estimate of drug-likeness (QED) is 0.907. The molecule has 1 aliphatic rings. The van der Waals surface area contributed by atoms with Crippen LogP contribution in [-0.2, 0) is 0 Å². The minimum Gasteiger partial charge on any atom is -0.354 e. The van der Waals surface area contributed by atoms with Crippen molar-refractivity contribution in [1.82, 2.24) is 15.5 Å². The Kier molecular flexibility index (Phi) is 3.92. The number of anilines is 1. The molecule has 2 aromatic rings. The average molecular weight is 268 g/mol. The van der Waals surface area contributed by atoms with E-state index in [2.05, 4.69) is 63.7 Å². The summed E-state index contributed by atoms with van der Waals surface area (Å²) in [5.41, 5.74) is 3.31. The first-order valence-corrected chi connectivity index (χ1v) is 7.19. The third-order valence-electron chi connectivity index (χ3n) is 3.66. The van der Waals surface area contributed by atoms with E-state index < -0.39 is 0 Å². The molecule has 1 aromatic carbocycles. The summed E-state index contributed by atoms with van der Waals surface area (Å²) >= 11 is 0. The zero-order valence-corrected chi connectivity index (χ0v) is 11.8. The van der Waals surface area contributed by atoms with Crippen molar-refractivity contribution in [2.45, 2.75) is 13.3 Å². The molecule has 4 nitrogen and oxygen atoms in total. The molecule has 1 aromatic heterocycles. The van der Waals surface area contributed by atoms with Gasteiger partial charge in [-0.05, 0) is 32.0 Å². The van der Waals surface area contributed by atoms with Gasteiger partial charge in [-0.1, -0.05) is 29.8 Å². The lowest BCUT2D eigenvalue weighted by molar-refractivity contribution is 0.724. The molecule has 0 saturated carbocycles. The molecule has 3 rings (SSSR count). The van der Waals surface area contributed by atoms with Crippen molar-refractivity contribution in [1.29, 1.82) is 0 Å². The lowest BCUT2D eigenvalue weighted by Gasteiger charge is -2.20. The van der Waals surface area contributed by atoms with Crippen LogP contribution in [-0.4, -0.2) is 36.4 Å². The van der Waals surface area contributed by atoms with E-state index in [1.807, 2.05) is 0 Å². The van der Waals surface area contributed by atoms with Gasteiger partial charge < -0.3 is 10.2 Å². The van der Waals surface area contributed by atoms with Crippen molar-refractivity contribution in [3.8, 4) is 11.3 Å². The molecule has 0 aliphatic carbocycles. The van der Waals surface area contributed by atoms with Gasteiger partial charge in [-0.25, -0.2) is 0 Å². The second-order valence-electron chi connectivity index (χ2n) is 5.23. The molecule has 0 unspecified atom stereocenters. The number of aryl methyl sites for hydroxylation is 1. The van der Waals surface area contributed by atoms with Crippen LogP contribution < -0.4 is 10.2 Å². The van der Waals surface area contributed by atoms with Crippen LogP contribution in [0.4, 0.5) is 5.82 Å². The number of hydrogen-bond donors (Lipinski definition) is 1. The van der Waals surface area contributed by atoms with E-state index in [1.54, 1.807) is 0 Å². The molecule has 0 atom stereocenters. The van der Waals surface area contributed by atoms with Crippen LogP contribution in [0.25, 0.3) is 11.3 Å². The maximum absolute atomic E-state index is 4.39. The molecule has 2 heterocycles. The zero-order valence-electron chi connectivity index (χ0n) is 11.8. The summed E-state index contributed by atoms with van der Waals surface area (Å²) in [7, 11) is 0. The molecular formula is C16H20N4. The van der Waals surface area contributed by atoms with Crippen LogP contribution >= 0.6 is 0 Å². The smallest absolute Gasteiger partial charge is 0.151 e. The van der Waals surface area contributed by atoms with Crippen LogP contribution in [0.3, 0.4) is 0 Å². The molecule has 0 amide bonds. The highest BCUT2D eigenvalue weighted by molar-refractivity contribution is 5.60. The van der Waals surface area contributed by atoms with Crippen LogP contribution in [0, 0.1) is 6.92 Å². The van der Waals surface area contributed by atoms with Gasteiger partial charge in [0.25, 0.3) is 0 Å². The van der Waals surface area contributed by atoms with Crippen LogP contribution in [0.1, 0.15) is 12.0 Å². The van der Waals surface area contributed by atoms with Crippen LogP contribution in [0.2, 0.25) is 0 Å². The summed E-state index contributed by atoms with van der Waals surface area (Å²) in [4.78, 5) is 2.30. The first kappa shape index (κ1) is 13.1. The van der Waals surface area contributed by atoms with E-state index in [1.165, 1.54) is 5.56 Å². The lowest BCUT2D eigenvalue weighted by atomic mass is 10.1. The fourth-order valence-corrected chi connectivity index (χ4v) is 2.45. The van der Waals surface area contributed by atoms with Crippen molar-refractivity contribution in [3.63, 3.8) is 0 Å². The average Bonchev–Trinajstić information content (AvgIpc) is 2.77. The number of nitrogens with one attached hydrogen (secondary N) is 1. The Hall–Kier alpha value is -1.94. The van der Waals surface area contributed by atoms with Gasteiger partial charge in [0.05, 0.1) is 5.69 Å². The highest BCUT2D eigenvalue weighted by Gasteiger charge is 2.11. The molecule has 1 saturated heterocycles. The number of hydrogen-bond acceptors (Lipinski definition) is 4. The minimum absolute atomic E-state index is 0.932. The van der Waals surface area contributed by atoms with Crippen molar-refractivity contribution >= 4 is 5.82 Å². The minimum atomic E-state index is 0.932. The molecule has 0 spiro atoms.